The Kier molecular flexibility index (Phi) is 3.73. The highest BCUT2D eigenvalue weighted by Gasteiger charge is 2.15. The van der Waals surface area contributed by atoms with Gasteiger partial charge in [0.25, 0.3) is 5.56 Å². The third kappa shape index (κ3) is 2.76. The summed E-state index contributed by atoms with van der Waals surface area (Å²) in [6.07, 6.45) is 0.0205. The molecule has 3 aromatic carbocycles. The molecule has 0 bridgehead atoms. The van der Waals surface area contributed by atoms with Gasteiger partial charge in [-0.25, -0.2) is 4.98 Å². The molecule has 0 fully saturated rings. The minimum absolute atomic E-state index is 0.0205. The van der Waals surface area contributed by atoms with Crippen LogP contribution in [-0.2, 0) is 0 Å². The standard InChI is InChI=1S/C21H18N2O2/c1-13(2)25-18-12-11-14-7-3-4-8-15(14)19(18)20-22-17-10-6-5-9-16(17)21(24)23-20/h3-13H,1-2H3,(H,22,23,24). The van der Waals surface area contributed by atoms with Gasteiger partial charge < -0.3 is 9.72 Å². The van der Waals surface area contributed by atoms with Crippen LogP contribution in [0.2, 0.25) is 0 Å². The Morgan fingerprint density at radius 3 is 2.44 bits per heavy atom. The molecule has 0 spiro atoms. The molecule has 0 unspecified atom stereocenters. The van der Waals surface area contributed by atoms with Gasteiger partial charge in [0, 0.05) is 0 Å². The Labute approximate surface area is 145 Å². The first-order chi connectivity index (χ1) is 12.1. The van der Waals surface area contributed by atoms with Crippen molar-refractivity contribution in [3.63, 3.8) is 0 Å². The van der Waals surface area contributed by atoms with Crippen LogP contribution in [0.15, 0.2) is 65.5 Å². The molecule has 4 aromatic rings. The second-order valence-electron chi connectivity index (χ2n) is 6.26. The first kappa shape index (κ1) is 15.4. The van der Waals surface area contributed by atoms with Crippen molar-refractivity contribution in [2.75, 3.05) is 0 Å². The van der Waals surface area contributed by atoms with E-state index in [2.05, 4.69) is 9.97 Å². The molecule has 0 saturated heterocycles. The van der Waals surface area contributed by atoms with E-state index in [1.54, 1.807) is 6.07 Å². The van der Waals surface area contributed by atoms with E-state index in [1.165, 1.54) is 0 Å². The van der Waals surface area contributed by atoms with Crippen LogP contribution in [0.4, 0.5) is 0 Å². The number of benzene rings is 3. The first-order valence-corrected chi connectivity index (χ1v) is 8.31. The van der Waals surface area contributed by atoms with E-state index < -0.39 is 0 Å². The topological polar surface area (TPSA) is 55.0 Å². The van der Waals surface area contributed by atoms with Gasteiger partial charge >= 0.3 is 0 Å². The Morgan fingerprint density at radius 2 is 1.64 bits per heavy atom. The largest absolute Gasteiger partial charge is 0.490 e. The van der Waals surface area contributed by atoms with Crippen LogP contribution in [0.25, 0.3) is 33.1 Å². The number of hydrogen-bond acceptors (Lipinski definition) is 3. The van der Waals surface area contributed by atoms with Gasteiger partial charge in [0.1, 0.15) is 11.6 Å². The molecular formula is C21H18N2O2. The molecule has 25 heavy (non-hydrogen) atoms. The summed E-state index contributed by atoms with van der Waals surface area (Å²) in [5.74, 6) is 1.24. The SMILES string of the molecule is CC(C)Oc1ccc2ccccc2c1-c1nc2ccccc2c(=O)[nH]1. The molecule has 0 aliphatic carbocycles. The van der Waals surface area contributed by atoms with Crippen LogP contribution < -0.4 is 10.3 Å². The van der Waals surface area contributed by atoms with E-state index in [4.69, 9.17) is 4.74 Å². The molecule has 0 aliphatic rings. The number of nitrogens with zero attached hydrogens (tertiary/aromatic N) is 1. The Hall–Kier alpha value is -3.14. The summed E-state index contributed by atoms with van der Waals surface area (Å²) >= 11 is 0. The molecular weight excluding hydrogens is 312 g/mol. The number of ether oxygens (including phenoxy) is 1. The summed E-state index contributed by atoms with van der Waals surface area (Å²) in [4.78, 5) is 20.1. The predicted molar refractivity (Wildman–Crippen MR) is 101 cm³/mol. The van der Waals surface area contributed by atoms with Crippen molar-refractivity contribution < 1.29 is 4.74 Å². The average Bonchev–Trinajstić information content (AvgIpc) is 2.61. The number of H-pyrrole nitrogens is 1. The molecule has 0 atom stereocenters. The number of aromatic nitrogens is 2. The summed E-state index contributed by atoms with van der Waals surface area (Å²) < 4.78 is 6.00. The molecule has 0 amide bonds. The zero-order valence-corrected chi connectivity index (χ0v) is 14.1. The van der Waals surface area contributed by atoms with E-state index in [9.17, 15) is 4.79 Å². The van der Waals surface area contributed by atoms with Crippen molar-refractivity contribution in [2.45, 2.75) is 20.0 Å². The lowest BCUT2D eigenvalue weighted by Crippen LogP contribution is -2.11. The van der Waals surface area contributed by atoms with Crippen LogP contribution in [-0.4, -0.2) is 16.1 Å². The fourth-order valence-corrected chi connectivity index (χ4v) is 3.05. The molecule has 1 N–H and O–H groups in total. The zero-order valence-electron chi connectivity index (χ0n) is 14.1. The number of para-hydroxylation sites is 1. The molecule has 4 heteroatoms. The maximum Gasteiger partial charge on any atom is 0.259 e. The van der Waals surface area contributed by atoms with E-state index in [0.717, 1.165) is 16.3 Å². The smallest absolute Gasteiger partial charge is 0.259 e. The van der Waals surface area contributed by atoms with Gasteiger partial charge in [-0.2, -0.15) is 0 Å². The maximum absolute atomic E-state index is 12.5. The Morgan fingerprint density at radius 1 is 0.920 bits per heavy atom. The van der Waals surface area contributed by atoms with Gasteiger partial charge in [-0.1, -0.05) is 42.5 Å². The average molecular weight is 330 g/mol. The molecule has 0 saturated carbocycles. The van der Waals surface area contributed by atoms with E-state index in [1.807, 2.05) is 68.4 Å². The number of fused-ring (bicyclic) bond motifs is 2. The Balaban J connectivity index is 2.06. The third-order valence-electron chi connectivity index (χ3n) is 4.10. The lowest BCUT2D eigenvalue weighted by Gasteiger charge is -2.16. The highest BCUT2D eigenvalue weighted by molar-refractivity contribution is 5.98. The number of rotatable bonds is 3. The second-order valence-corrected chi connectivity index (χ2v) is 6.26. The van der Waals surface area contributed by atoms with E-state index >= 15 is 0 Å². The molecule has 4 nitrogen and oxygen atoms in total. The molecule has 4 rings (SSSR count). The van der Waals surface area contributed by atoms with Crippen LogP contribution in [0.1, 0.15) is 13.8 Å². The summed E-state index contributed by atoms with van der Waals surface area (Å²) in [5.41, 5.74) is 1.34. The van der Waals surface area contributed by atoms with Crippen molar-refractivity contribution in [1.29, 1.82) is 0 Å². The predicted octanol–water partition coefficient (Wildman–Crippen LogP) is 4.53. The highest BCUT2D eigenvalue weighted by Crippen LogP contribution is 2.35. The summed E-state index contributed by atoms with van der Waals surface area (Å²) in [6, 6.07) is 19.3. The Bertz CT molecular complexity index is 1130. The number of aromatic amines is 1. The van der Waals surface area contributed by atoms with Crippen molar-refractivity contribution >= 4 is 21.7 Å². The zero-order chi connectivity index (χ0) is 17.4. The van der Waals surface area contributed by atoms with Crippen LogP contribution in [0.3, 0.4) is 0 Å². The fourth-order valence-electron chi connectivity index (χ4n) is 3.05. The van der Waals surface area contributed by atoms with Gasteiger partial charge in [-0.3, -0.25) is 4.79 Å². The van der Waals surface area contributed by atoms with Gasteiger partial charge in [0.05, 0.1) is 22.6 Å². The van der Waals surface area contributed by atoms with E-state index in [-0.39, 0.29) is 11.7 Å². The molecule has 1 aromatic heterocycles. The summed E-state index contributed by atoms with van der Waals surface area (Å²) in [6.45, 7) is 3.96. The second kappa shape index (κ2) is 6.06. The first-order valence-electron chi connectivity index (χ1n) is 8.31. The minimum Gasteiger partial charge on any atom is -0.490 e. The van der Waals surface area contributed by atoms with Crippen molar-refractivity contribution in [3.05, 3.63) is 71.0 Å². The van der Waals surface area contributed by atoms with E-state index in [0.29, 0.717) is 22.5 Å². The highest BCUT2D eigenvalue weighted by atomic mass is 16.5. The van der Waals surface area contributed by atoms with Crippen LogP contribution in [0.5, 0.6) is 5.75 Å². The van der Waals surface area contributed by atoms with Gasteiger partial charge in [0.15, 0.2) is 0 Å². The number of hydrogen-bond donors (Lipinski definition) is 1. The third-order valence-corrected chi connectivity index (χ3v) is 4.10. The fraction of sp³-hybridized carbons (Fsp3) is 0.143. The monoisotopic (exact) mass is 330 g/mol. The van der Waals surface area contributed by atoms with Gasteiger partial charge in [0.2, 0.25) is 0 Å². The molecule has 1 heterocycles. The maximum atomic E-state index is 12.5. The van der Waals surface area contributed by atoms with Gasteiger partial charge in [-0.15, -0.1) is 0 Å². The lowest BCUT2D eigenvalue weighted by atomic mass is 10.0. The van der Waals surface area contributed by atoms with Crippen LogP contribution >= 0.6 is 0 Å². The summed E-state index contributed by atoms with van der Waals surface area (Å²) in [7, 11) is 0. The molecule has 0 radical (unpaired) electrons. The quantitative estimate of drug-likeness (QED) is 0.600. The van der Waals surface area contributed by atoms with Gasteiger partial charge in [-0.05, 0) is 42.8 Å². The summed E-state index contributed by atoms with van der Waals surface area (Å²) in [5, 5.41) is 2.65. The number of nitrogens with one attached hydrogen (secondary N) is 1. The molecule has 0 aliphatic heterocycles. The lowest BCUT2D eigenvalue weighted by molar-refractivity contribution is 0.243. The normalized spacial score (nSPS) is 11.3. The van der Waals surface area contributed by atoms with Crippen molar-refractivity contribution in [2.24, 2.45) is 0 Å². The minimum atomic E-state index is -0.149. The molecule has 124 valence electrons. The van der Waals surface area contributed by atoms with Crippen LogP contribution in [0, 0.1) is 0 Å². The van der Waals surface area contributed by atoms with Crippen molar-refractivity contribution in [1.82, 2.24) is 9.97 Å². The van der Waals surface area contributed by atoms with Crippen molar-refractivity contribution in [3.8, 4) is 17.1 Å².